The fourth-order valence-corrected chi connectivity index (χ4v) is 3.27. The average Bonchev–Trinajstić information content (AvgIpc) is 2.91. The Balaban J connectivity index is 1.84. The lowest BCUT2D eigenvalue weighted by molar-refractivity contribution is 0.618. The number of nitrogens with zero attached hydrogens (tertiary/aromatic N) is 4. The lowest BCUT2D eigenvalue weighted by atomic mass is 9.97. The summed E-state index contributed by atoms with van der Waals surface area (Å²) in [7, 11) is 0. The summed E-state index contributed by atoms with van der Waals surface area (Å²) in [6.45, 7) is 0.370. The smallest absolute Gasteiger partial charge is 0.265 e. The fraction of sp³-hybridized carbons (Fsp3) is 0.312. The minimum Gasteiger partial charge on any atom is -0.265 e. The van der Waals surface area contributed by atoms with Gasteiger partial charge in [0, 0.05) is 10.6 Å². The van der Waals surface area contributed by atoms with Crippen molar-refractivity contribution in [1.29, 1.82) is 0 Å². The van der Waals surface area contributed by atoms with Crippen LogP contribution >= 0.6 is 11.6 Å². The molecule has 112 valence electrons. The summed E-state index contributed by atoms with van der Waals surface area (Å²) in [5, 5.41) is 9.37. The highest BCUT2D eigenvalue weighted by atomic mass is 35.5. The van der Waals surface area contributed by atoms with Crippen LogP contribution in [0.4, 0.5) is 0 Å². The van der Waals surface area contributed by atoms with Crippen molar-refractivity contribution in [2.24, 2.45) is 0 Å². The van der Waals surface area contributed by atoms with Gasteiger partial charge in [-0.05, 0) is 37.3 Å². The summed E-state index contributed by atoms with van der Waals surface area (Å²) in [4.78, 5) is 12.8. The molecule has 2 aromatic heterocycles. The van der Waals surface area contributed by atoms with Crippen LogP contribution in [0.1, 0.15) is 29.7 Å². The van der Waals surface area contributed by atoms with Crippen LogP contribution < -0.4 is 5.56 Å². The van der Waals surface area contributed by atoms with Gasteiger partial charge in [0.15, 0.2) is 0 Å². The number of hydrogen-bond acceptors (Lipinski definition) is 3. The maximum Gasteiger partial charge on any atom is 0.293 e. The fourth-order valence-electron chi connectivity index (χ4n) is 3.07. The van der Waals surface area contributed by atoms with Crippen LogP contribution in [0, 0.1) is 0 Å². The van der Waals surface area contributed by atoms with E-state index in [-0.39, 0.29) is 5.56 Å². The molecule has 0 N–H and O–H groups in total. The maximum absolute atomic E-state index is 12.8. The van der Waals surface area contributed by atoms with E-state index >= 15 is 0 Å². The van der Waals surface area contributed by atoms with Gasteiger partial charge in [-0.1, -0.05) is 29.8 Å². The zero-order valence-corrected chi connectivity index (χ0v) is 12.8. The quantitative estimate of drug-likeness (QED) is 0.730. The summed E-state index contributed by atoms with van der Waals surface area (Å²) in [5.41, 5.74) is 3.58. The van der Waals surface area contributed by atoms with Gasteiger partial charge in [0.05, 0.1) is 12.2 Å². The lowest BCUT2D eigenvalue weighted by Gasteiger charge is -2.09. The number of hydrogen-bond donors (Lipinski definition) is 0. The Labute approximate surface area is 132 Å². The third-order valence-electron chi connectivity index (χ3n) is 4.20. The average molecular weight is 315 g/mol. The van der Waals surface area contributed by atoms with Crippen molar-refractivity contribution in [2.75, 3.05) is 0 Å². The van der Waals surface area contributed by atoms with Gasteiger partial charge in [0.2, 0.25) is 0 Å². The number of aromatic nitrogens is 4. The van der Waals surface area contributed by atoms with Gasteiger partial charge in [-0.25, -0.2) is 9.20 Å². The number of benzene rings is 1. The molecule has 0 saturated carbocycles. The maximum atomic E-state index is 12.8. The molecule has 2 heterocycles. The lowest BCUT2D eigenvalue weighted by Crippen LogP contribution is -2.26. The van der Waals surface area contributed by atoms with E-state index in [0.717, 1.165) is 42.5 Å². The molecular weight excluding hydrogens is 300 g/mol. The van der Waals surface area contributed by atoms with Gasteiger partial charge >= 0.3 is 0 Å². The Morgan fingerprint density at radius 2 is 2.00 bits per heavy atom. The number of halogens is 1. The molecule has 0 radical (unpaired) electrons. The molecule has 0 amide bonds. The van der Waals surface area contributed by atoms with Crippen molar-refractivity contribution >= 4 is 17.1 Å². The SMILES string of the molecule is O=c1c2c3c(nn2cnn1Cc1ccccc1Cl)CCCC3. The molecule has 0 spiro atoms. The standard InChI is InChI=1S/C16H15ClN4O/c17-13-7-3-1-5-11(13)9-20-16(22)15-12-6-2-4-8-14(12)19-21(15)10-18-20/h1,3,5,7,10H,2,4,6,8-9H2. The molecule has 0 fully saturated rings. The highest BCUT2D eigenvalue weighted by Crippen LogP contribution is 2.22. The van der Waals surface area contributed by atoms with E-state index in [1.165, 1.54) is 4.68 Å². The van der Waals surface area contributed by atoms with Crippen LogP contribution in [-0.2, 0) is 19.4 Å². The summed E-state index contributed by atoms with van der Waals surface area (Å²) >= 11 is 6.18. The molecule has 0 atom stereocenters. The summed E-state index contributed by atoms with van der Waals surface area (Å²) < 4.78 is 3.09. The van der Waals surface area contributed by atoms with Crippen molar-refractivity contribution in [1.82, 2.24) is 19.4 Å². The Kier molecular flexibility index (Phi) is 3.22. The van der Waals surface area contributed by atoms with Crippen LogP contribution in [0.5, 0.6) is 0 Å². The van der Waals surface area contributed by atoms with Crippen molar-refractivity contribution in [2.45, 2.75) is 32.2 Å². The zero-order chi connectivity index (χ0) is 15.1. The van der Waals surface area contributed by atoms with E-state index in [4.69, 9.17) is 11.6 Å². The van der Waals surface area contributed by atoms with Crippen molar-refractivity contribution < 1.29 is 0 Å². The topological polar surface area (TPSA) is 52.2 Å². The molecule has 0 saturated heterocycles. The monoisotopic (exact) mass is 314 g/mol. The zero-order valence-electron chi connectivity index (χ0n) is 12.0. The Morgan fingerprint density at radius 3 is 2.86 bits per heavy atom. The van der Waals surface area contributed by atoms with Crippen LogP contribution in [0.25, 0.3) is 5.52 Å². The molecule has 0 bridgehead atoms. The van der Waals surface area contributed by atoms with E-state index in [1.54, 1.807) is 10.8 Å². The van der Waals surface area contributed by atoms with Crippen LogP contribution in [0.15, 0.2) is 35.4 Å². The first-order valence-electron chi connectivity index (χ1n) is 7.43. The predicted octanol–water partition coefficient (Wildman–Crippen LogP) is 2.47. The van der Waals surface area contributed by atoms with E-state index in [2.05, 4.69) is 10.2 Å². The van der Waals surface area contributed by atoms with Crippen molar-refractivity contribution in [3.05, 3.63) is 62.8 Å². The Bertz CT molecular complexity index is 912. The molecule has 5 nitrogen and oxygen atoms in total. The first-order valence-corrected chi connectivity index (χ1v) is 7.81. The molecule has 4 rings (SSSR count). The van der Waals surface area contributed by atoms with Gasteiger partial charge < -0.3 is 0 Å². The largest absolute Gasteiger partial charge is 0.293 e. The van der Waals surface area contributed by atoms with Crippen LogP contribution in [-0.4, -0.2) is 19.4 Å². The molecule has 1 aliphatic rings. The molecule has 0 aliphatic heterocycles. The Hall–Kier alpha value is -2.14. The van der Waals surface area contributed by atoms with E-state index in [1.807, 2.05) is 24.3 Å². The Morgan fingerprint density at radius 1 is 1.18 bits per heavy atom. The molecule has 6 heteroatoms. The molecule has 1 aliphatic carbocycles. The van der Waals surface area contributed by atoms with E-state index < -0.39 is 0 Å². The molecule has 3 aromatic rings. The normalized spacial score (nSPS) is 14.2. The van der Waals surface area contributed by atoms with Gasteiger partial charge in [-0.2, -0.15) is 10.2 Å². The highest BCUT2D eigenvalue weighted by molar-refractivity contribution is 6.31. The van der Waals surface area contributed by atoms with E-state index in [0.29, 0.717) is 17.1 Å². The first kappa shape index (κ1) is 13.5. The highest BCUT2D eigenvalue weighted by Gasteiger charge is 2.20. The van der Waals surface area contributed by atoms with Crippen LogP contribution in [0.2, 0.25) is 5.02 Å². The minimum absolute atomic E-state index is 0.0990. The molecule has 22 heavy (non-hydrogen) atoms. The molecular formula is C16H15ClN4O. The second kappa shape index (κ2) is 5.25. The number of aryl methyl sites for hydroxylation is 2. The van der Waals surface area contributed by atoms with E-state index in [9.17, 15) is 4.79 Å². The van der Waals surface area contributed by atoms with Crippen molar-refractivity contribution in [3.8, 4) is 0 Å². The number of fused-ring (bicyclic) bond motifs is 3. The summed E-state index contributed by atoms with van der Waals surface area (Å²) in [6, 6.07) is 7.51. The third kappa shape index (κ3) is 2.13. The van der Waals surface area contributed by atoms with Gasteiger partial charge in [-0.3, -0.25) is 4.79 Å². The molecule has 1 aromatic carbocycles. The third-order valence-corrected chi connectivity index (χ3v) is 4.57. The number of rotatable bonds is 2. The van der Waals surface area contributed by atoms with Gasteiger partial charge in [0.25, 0.3) is 5.56 Å². The molecule has 0 unspecified atom stereocenters. The first-order chi connectivity index (χ1) is 10.7. The predicted molar refractivity (Wildman–Crippen MR) is 84.4 cm³/mol. The van der Waals surface area contributed by atoms with Gasteiger partial charge in [-0.15, -0.1) is 0 Å². The second-order valence-corrected chi connectivity index (χ2v) is 6.02. The van der Waals surface area contributed by atoms with Crippen molar-refractivity contribution in [3.63, 3.8) is 0 Å². The van der Waals surface area contributed by atoms with Crippen LogP contribution in [0.3, 0.4) is 0 Å². The van der Waals surface area contributed by atoms with Gasteiger partial charge in [0.1, 0.15) is 11.8 Å². The second-order valence-electron chi connectivity index (χ2n) is 5.61. The minimum atomic E-state index is -0.0990. The summed E-state index contributed by atoms with van der Waals surface area (Å²) in [5.74, 6) is 0. The summed E-state index contributed by atoms with van der Waals surface area (Å²) in [6.07, 6.45) is 5.73.